The van der Waals surface area contributed by atoms with Crippen molar-refractivity contribution < 1.29 is 0 Å². The van der Waals surface area contributed by atoms with Gasteiger partial charge in [-0.3, -0.25) is 0 Å². The molecule has 0 saturated carbocycles. The Hall–Kier alpha value is -0.0500. The smallest absolute Gasteiger partial charge is 0.00613 e. The highest BCUT2D eigenvalue weighted by molar-refractivity contribution is 7.07. The van der Waals surface area contributed by atoms with Crippen molar-refractivity contribution in [3.05, 3.63) is 22.4 Å². The van der Waals surface area contributed by atoms with Crippen LogP contribution < -0.4 is 5.73 Å². The van der Waals surface area contributed by atoms with Gasteiger partial charge < -0.3 is 5.73 Å². The lowest BCUT2D eigenvalue weighted by Crippen LogP contribution is -1.99. The van der Waals surface area contributed by atoms with Gasteiger partial charge in [0.15, 0.2) is 0 Å². The van der Waals surface area contributed by atoms with E-state index < -0.39 is 0 Å². The number of thiophene rings is 1. The van der Waals surface area contributed by atoms with Crippen molar-refractivity contribution in [2.45, 2.75) is 12.8 Å². The van der Waals surface area contributed by atoms with Crippen LogP contribution in [0.3, 0.4) is 0 Å². The molecular formula is C7H12ClNS. The van der Waals surface area contributed by atoms with E-state index in [1.165, 1.54) is 5.56 Å². The van der Waals surface area contributed by atoms with Crippen molar-refractivity contribution in [3.8, 4) is 0 Å². The molecule has 0 aliphatic rings. The van der Waals surface area contributed by atoms with Gasteiger partial charge in [0.25, 0.3) is 0 Å². The van der Waals surface area contributed by atoms with Gasteiger partial charge in [-0.25, -0.2) is 0 Å². The monoisotopic (exact) mass is 177 g/mol. The Labute approximate surface area is 71.7 Å². The maximum absolute atomic E-state index is 5.35. The highest BCUT2D eigenvalue weighted by atomic mass is 35.5. The number of rotatable bonds is 3. The lowest BCUT2D eigenvalue weighted by molar-refractivity contribution is 0.835. The first-order valence-electron chi connectivity index (χ1n) is 3.14. The molecule has 10 heavy (non-hydrogen) atoms. The topological polar surface area (TPSA) is 26.0 Å². The van der Waals surface area contributed by atoms with Crippen LogP contribution in [-0.2, 0) is 6.42 Å². The number of nitrogens with two attached hydrogens (primary N) is 1. The van der Waals surface area contributed by atoms with Crippen LogP contribution in [0.5, 0.6) is 0 Å². The molecule has 0 saturated heterocycles. The molecule has 1 heterocycles. The fourth-order valence-electron chi connectivity index (χ4n) is 0.741. The number of aryl methyl sites for hydroxylation is 1. The average Bonchev–Trinajstić information content (AvgIpc) is 2.34. The molecule has 0 radical (unpaired) electrons. The molecule has 58 valence electrons. The first-order valence-corrected chi connectivity index (χ1v) is 4.09. The SMILES string of the molecule is Cl.NCCCc1ccsc1. The molecule has 0 unspecified atom stereocenters. The minimum Gasteiger partial charge on any atom is -0.330 e. The average molecular weight is 178 g/mol. The van der Waals surface area contributed by atoms with Crippen molar-refractivity contribution in [1.82, 2.24) is 0 Å². The van der Waals surface area contributed by atoms with Crippen LogP contribution in [0.4, 0.5) is 0 Å². The van der Waals surface area contributed by atoms with Gasteiger partial charge in [-0.1, -0.05) is 0 Å². The third-order valence-corrected chi connectivity index (χ3v) is 1.98. The van der Waals surface area contributed by atoms with Crippen molar-refractivity contribution >= 4 is 23.7 Å². The molecule has 0 bridgehead atoms. The summed E-state index contributed by atoms with van der Waals surface area (Å²) in [5.41, 5.74) is 6.77. The van der Waals surface area contributed by atoms with E-state index in [1.807, 2.05) is 0 Å². The van der Waals surface area contributed by atoms with Gasteiger partial charge in [0.05, 0.1) is 0 Å². The van der Waals surface area contributed by atoms with Gasteiger partial charge >= 0.3 is 0 Å². The van der Waals surface area contributed by atoms with Crippen LogP contribution >= 0.6 is 23.7 Å². The Balaban J connectivity index is 0.000000810. The molecule has 0 spiro atoms. The lowest BCUT2D eigenvalue weighted by atomic mass is 10.2. The molecular weight excluding hydrogens is 166 g/mol. The molecule has 0 aliphatic carbocycles. The highest BCUT2D eigenvalue weighted by Crippen LogP contribution is 2.07. The second-order valence-electron chi connectivity index (χ2n) is 2.02. The van der Waals surface area contributed by atoms with E-state index in [-0.39, 0.29) is 12.4 Å². The number of halogens is 1. The Morgan fingerprint density at radius 3 is 2.80 bits per heavy atom. The Bertz CT molecular complexity index is 151. The minimum absolute atomic E-state index is 0. The van der Waals surface area contributed by atoms with Crippen molar-refractivity contribution in [1.29, 1.82) is 0 Å². The quantitative estimate of drug-likeness (QED) is 0.752. The zero-order chi connectivity index (χ0) is 6.53. The maximum Gasteiger partial charge on any atom is -0.00613 e. The number of hydrogen-bond acceptors (Lipinski definition) is 2. The summed E-state index contributed by atoms with van der Waals surface area (Å²) in [6.07, 6.45) is 2.25. The van der Waals surface area contributed by atoms with Crippen LogP contribution in [0, 0.1) is 0 Å². The summed E-state index contributed by atoms with van der Waals surface area (Å²) in [5, 5.41) is 4.28. The van der Waals surface area contributed by atoms with E-state index in [9.17, 15) is 0 Å². The van der Waals surface area contributed by atoms with Crippen LogP contribution in [0.15, 0.2) is 16.8 Å². The number of hydrogen-bond donors (Lipinski definition) is 1. The molecule has 1 aromatic rings. The van der Waals surface area contributed by atoms with Gasteiger partial charge in [-0.15, -0.1) is 12.4 Å². The lowest BCUT2D eigenvalue weighted by Gasteiger charge is -1.91. The van der Waals surface area contributed by atoms with E-state index in [0.29, 0.717) is 0 Å². The molecule has 0 aliphatic heterocycles. The van der Waals surface area contributed by atoms with E-state index in [2.05, 4.69) is 16.8 Å². The Morgan fingerprint density at radius 1 is 1.50 bits per heavy atom. The van der Waals surface area contributed by atoms with Gasteiger partial charge in [0.1, 0.15) is 0 Å². The molecule has 0 atom stereocenters. The third-order valence-electron chi connectivity index (χ3n) is 1.25. The van der Waals surface area contributed by atoms with Gasteiger partial charge in [-0.05, 0) is 41.8 Å². The fourth-order valence-corrected chi connectivity index (χ4v) is 1.44. The minimum atomic E-state index is 0. The Morgan fingerprint density at radius 2 is 2.30 bits per heavy atom. The van der Waals surface area contributed by atoms with Crippen molar-refractivity contribution in [2.75, 3.05) is 6.54 Å². The zero-order valence-electron chi connectivity index (χ0n) is 5.75. The van der Waals surface area contributed by atoms with E-state index in [0.717, 1.165) is 19.4 Å². The molecule has 1 nitrogen and oxygen atoms in total. The molecule has 3 heteroatoms. The summed E-state index contributed by atoms with van der Waals surface area (Å²) < 4.78 is 0. The third kappa shape index (κ3) is 3.20. The largest absolute Gasteiger partial charge is 0.330 e. The summed E-state index contributed by atoms with van der Waals surface area (Å²) in [4.78, 5) is 0. The summed E-state index contributed by atoms with van der Waals surface area (Å²) in [6.45, 7) is 0.801. The summed E-state index contributed by atoms with van der Waals surface area (Å²) in [7, 11) is 0. The van der Waals surface area contributed by atoms with Gasteiger partial charge in [0.2, 0.25) is 0 Å². The molecule has 2 N–H and O–H groups in total. The van der Waals surface area contributed by atoms with E-state index in [1.54, 1.807) is 11.3 Å². The van der Waals surface area contributed by atoms with Crippen LogP contribution in [0.2, 0.25) is 0 Å². The normalized spacial score (nSPS) is 8.90. The molecule has 1 aromatic heterocycles. The summed E-state index contributed by atoms with van der Waals surface area (Å²) in [6, 6.07) is 2.15. The van der Waals surface area contributed by atoms with Crippen molar-refractivity contribution in [2.24, 2.45) is 5.73 Å². The van der Waals surface area contributed by atoms with E-state index in [4.69, 9.17) is 5.73 Å². The first-order chi connectivity index (χ1) is 4.43. The fraction of sp³-hybridized carbons (Fsp3) is 0.429. The highest BCUT2D eigenvalue weighted by Gasteiger charge is 1.89. The standard InChI is InChI=1S/C7H11NS.ClH/c8-4-1-2-7-3-5-9-6-7;/h3,5-6H,1-2,4,8H2;1H. The van der Waals surface area contributed by atoms with Gasteiger partial charge in [0, 0.05) is 0 Å². The molecule has 1 rings (SSSR count). The van der Waals surface area contributed by atoms with E-state index >= 15 is 0 Å². The van der Waals surface area contributed by atoms with Crippen molar-refractivity contribution in [3.63, 3.8) is 0 Å². The second kappa shape index (κ2) is 5.71. The summed E-state index contributed by atoms with van der Waals surface area (Å²) in [5.74, 6) is 0. The Kier molecular flexibility index (Phi) is 5.69. The summed E-state index contributed by atoms with van der Waals surface area (Å²) >= 11 is 1.75. The maximum atomic E-state index is 5.35. The van der Waals surface area contributed by atoms with Crippen LogP contribution in [0.1, 0.15) is 12.0 Å². The molecule has 0 aromatic carbocycles. The zero-order valence-corrected chi connectivity index (χ0v) is 7.38. The predicted octanol–water partition coefficient (Wildman–Crippen LogP) is 2.06. The second-order valence-corrected chi connectivity index (χ2v) is 2.80. The van der Waals surface area contributed by atoms with Gasteiger partial charge in [-0.2, -0.15) is 11.3 Å². The van der Waals surface area contributed by atoms with Crippen LogP contribution in [0.25, 0.3) is 0 Å². The predicted molar refractivity (Wildman–Crippen MR) is 48.9 cm³/mol. The molecule has 0 fully saturated rings. The first kappa shape index (κ1) is 9.95. The molecule has 0 amide bonds. The van der Waals surface area contributed by atoms with Crippen LogP contribution in [-0.4, -0.2) is 6.54 Å².